The highest BCUT2D eigenvalue weighted by atomic mass is 32.2. The zero-order valence-corrected chi connectivity index (χ0v) is 9.53. The summed E-state index contributed by atoms with van der Waals surface area (Å²) in [4.78, 5) is 8.28. The van der Waals surface area contributed by atoms with Gasteiger partial charge < -0.3 is 0 Å². The van der Waals surface area contributed by atoms with E-state index in [0.717, 1.165) is 22.9 Å². The normalized spacial score (nSPS) is 11.8. The highest BCUT2D eigenvalue weighted by molar-refractivity contribution is 7.88. The first kappa shape index (κ1) is 11.0. The van der Waals surface area contributed by atoms with Crippen LogP contribution in [0.1, 0.15) is 5.56 Å². The van der Waals surface area contributed by atoms with Crippen LogP contribution in [0.2, 0.25) is 0 Å². The number of fused-ring (bicyclic) bond motifs is 1. The molecule has 1 aromatic carbocycles. The maximum atomic E-state index is 10.9. The Labute approximate surface area is 93.6 Å². The molecule has 1 aromatic heterocycles. The maximum absolute atomic E-state index is 10.9. The summed E-state index contributed by atoms with van der Waals surface area (Å²) in [5.41, 5.74) is 2.42. The fourth-order valence-electron chi connectivity index (χ4n) is 1.33. The first-order chi connectivity index (χ1) is 7.54. The van der Waals surface area contributed by atoms with E-state index in [4.69, 9.17) is 0 Å². The van der Waals surface area contributed by atoms with Crippen LogP contribution >= 0.6 is 0 Å². The van der Waals surface area contributed by atoms with Gasteiger partial charge in [0.25, 0.3) is 0 Å². The number of rotatable bonds is 3. The molecule has 0 saturated carbocycles. The molecular formula is C10H11N3O2S. The summed E-state index contributed by atoms with van der Waals surface area (Å²) in [5, 5.41) is 0. The zero-order chi connectivity index (χ0) is 11.6. The number of hydrogen-bond donors (Lipinski definition) is 1. The van der Waals surface area contributed by atoms with Crippen molar-refractivity contribution in [2.45, 2.75) is 6.54 Å². The van der Waals surface area contributed by atoms with E-state index in [-0.39, 0.29) is 6.54 Å². The topological polar surface area (TPSA) is 72.0 Å². The van der Waals surface area contributed by atoms with Crippen LogP contribution in [0.25, 0.3) is 11.0 Å². The largest absolute Gasteiger partial charge is 0.253 e. The van der Waals surface area contributed by atoms with E-state index >= 15 is 0 Å². The van der Waals surface area contributed by atoms with Crippen LogP contribution < -0.4 is 4.72 Å². The molecule has 0 bridgehead atoms. The van der Waals surface area contributed by atoms with E-state index in [0.29, 0.717) is 0 Å². The lowest BCUT2D eigenvalue weighted by atomic mass is 10.2. The van der Waals surface area contributed by atoms with E-state index in [2.05, 4.69) is 14.7 Å². The third-order valence-electron chi connectivity index (χ3n) is 2.07. The number of sulfonamides is 1. The second kappa shape index (κ2) is 4.15. The predicted octanol–water partition coefficient (Wildman–Crippen LogP) is 0.679. The van der Waals surface area contributed by atoms with Crippen molar-refractivity contribution >= 4 is 21.1 Å². The summed E-state index contributed by atoms with van der Waals surface area (Å²) in [5.74, 6) is 0. The van der Waals surface area contributed by atoms with E-state index in [1.807, 2.05) is 18.2 Å². The van der Waals surface area contributed by atoms with Gasteiger partial charge in [0, 0.05) is 18.9 Å². The van der Waals surface area contributed by atoms with Crippen molar-refractivity contribution in [1.29, 1.82) is 0 Å². The molecular weight excluding hydrogens is 226 g/mol. The number of hydrogen-bond acceptors (Lipinski definition) is 4. The molecule has 0 radical (unpaired) electrons. The molecule has 5 nitrogen and oxygen atoms in total. The third-order valence-corrected chi connectivity index (χ3v) is 2.74. The van der Waals surface area contributed by atoms with Crippen molar-refractivity contribution in [1.82, 2.24) is 14.7 Å². The standard InChI is InChI=1S/C10H11N3O2S/c1-16(14,15)13-7-8-2-3-9-10(6-8)12-5-4-11-9/h2-6,13H,7H2,1H3. The van der Waals surface area contributed by atoms with Gasteiger partial charge in [-0.15, -0.1) is 0 Å². The average Bonchev–Trinajstić information content (AvgIpc) is 2.25. The molecule has 6 heteroatoms. The first-order valence-electron chi connectivity index (χ1n) is 4.69. The van der Waals surface area contributed by atoms with Gasteiger partial charge in [-0.3, -0.25) is 9.97 Å². The van der Waals surface area contributed by atoms with Gasteiger partial charge in [-0.1, -0.05) is 6.07 Å². The number of nitrogens with one attached hydrogen (secondary N) is 1. The Kier molecular flexibility index (Phi) is 2.84. The van der Waals surface area contributed by atoms with Crippen LogP contribution in [-0.2, 0) is 16.6 Å². The maximum Gasteiger partial charge on any atom is 0.209 e. The van der Waals surface area contributed by atoms with Gasteiger partial charge in [-0.05, 0) is 17.7 Å². The van der Waals surface area contributed by atoms with Crippen molar-refractivity contribution < 1.29 is 8.42 Å². The molecule has 0 amide bonds. The minimum absolute atomic E-state index is 0.269. The first-order valence-corrected chi connectivity index (χ1v) is 6.58. The predicted molar refractivity (Wildman–Crippen MR) is 61.2 cm³/mol. The SMILES string of the molecule is CS(=O)(=O)NCc1ccc2nccnc2c1. The van der Waals surface area contributed by atoms with Gasteiger partial charge in [-0.2, -0.15) is 0 Å². The van der Waals surface area contributed by atoms with Crippen molar-refractivity contribution in [3.63, 3.8) is 0 Å². The Bertz CT molecular complexity index is 610. The highest BCUT2D eigenvalue weighted by Gasteiger charge is 2.02. The molecule has 0 unspecified atom stereocenters. The monoisotopic (exact) mass is 237 g/mol. The summed E-state index contributed by atoms with van der Waals surface area (Å²) < 4.78 is 24.3. The Morgan fingerprint density at radius 1 is 1.19 bits per heavy atom. The van der Waals surface area contributed by atoms with Gasteiger partial charge in [-0.25, -0.2) is 13.1 Å². The quantitative estimate of drug-likeness (QED) is 0.852. The van der Waals surface area contributed by atoms with Crippen LogP contribution in [0.3, 0.4) is 0 Å². The molecule has 1 N–H and O–H groups in total. The van der Waals surface area contributed by atoms with E-state index in [9.17, 15) is 8.42 Å². The molecule has 2 aromatic rings. The minimum atomic E-state index is -3.16. The van der Waals surface area contributed by atoms with Crippen LogP contribution in [0.5, 0.6) is 0 Å². The van der Waals surface area contributed by atoms with Crippen LogP contribution in [0, 0.1) is 0 Å². The Hall–Kier alpha value is -1.53. The summed E-state index contributed by atoms with van der Waals surface area (Å²) >= 11 is 0. The van der Waals surface area contributed by atoms with Gasteiger partial charge >= 0.3 is 0 Å². The molecule has 1 heterocycles. The highest BCUT2D eigenvalue weighted by Crippen LogP contribution is 2.10. The van der Waals surface area contributed by atoms with Crippen LogP contribution in [0.15, 0.2) is 30.6 Å². The van der Waals surface area contributed by atoms with Gasteiger partial charge in [0.05, 0.1) is 17.3 Å². The molecule has 16 heavy (non-hydrogen) atoms. The average molecular weight is 237 g/mol. The smallest absolute Gasteiger partial charge is 0.209 e. The molecule has 0 atom stereocenters. The zero-order valence-electron chi connectivity index (χ0n) is 8.71. The third kappa shape index (κ3) is 2.74. The molecule has 0 aliphatic rings. The Balaban J connectivity index is 2.26. The van der Waals surface area contributed by atoms with Gasteiger partial charge in [0.2, 0.25) is 10.0 Å². The summed E-state index contributed by atoms with van der Waals surface area (Å²) in [6.45, 7) is 0.269. The Morgan fingerprint density at radius 2 is 1.88 bits per heavy atom. The van der Waals surface area contributed by atoms with Crippen LogP contribution in [-0.4, -0.2) is 24.6 Å². The molecule has 0 fully saturated rings. The fourth-order valence-corrected chi connectivity index (χ4v) is 1.76. The molecule has 2 rings (SSSR count). The summed E-state index contributed by atoms with van der Waals surface area (Å²) in [6, 6.07) is 5.47. The van der Waals surface area contributed by atoms with Crippen LogP contribution in [0.4, 0.5) is 0 Å². The Morgan fingerprint density at radius 3 is 2.56 bits per heavy atom. The minimum Gasteiger partial charge on any atom is -0.253 e. The fraction of sp³-hybridized carbons (Fsp3) is 0.200. The molecule has 84 valence electrons. The van der Waals surface area contributed by atoms with Crippen molar-refractivity contribution in [3.05, 3.63) is 36.2 Å². The molecule has 0 aliphatic heterocycles. The lowest BCUT2D eigenvalue weighted by molar-refractivity contribution is 0.587. The molecule has 0 saturated heterocycles. The lowest BCUT2D eigenvalue weighted by Crippen LogP contribution is -2.21. The van der Waals surface area contributed by atoms with E-state index in [1.165, 1.54) is 0 Å². The lowest BCUT2D eigenvalue weighted by Gasteiger charge is -2.03. The van der Waals surface area contributed by atoms with E-state index < -0.39 is 10.0 Å². The van der Waals surface area contributed by atoms with Gasteiger partial charge in [0.15, 0.2) is 0 Å². The number of aromatic nitrogens is 2. The van der Waals surface area contributed by atoms with E-state index in [1.54, 1.807) is 12.4 Å². The van der Waals surface area contributed by atoms with Crippen molar-refractivity contribution in [2.75, 3.05) is 6.26 Å². The molecule has 0 spiro atoms. The second-order valence-corrected chi connectivity index (χ2v) is 5.31. The number of benzene rings is 1. The summed E-state index contributed by atoms with van der Waals surface area (Å²) in [7, 11) is -3.16. The second-order valence-electron chi connectivity index (χ2n) is 3.47. The van der Waals surface area contributed by atoms with Crippen molar-refractivity contribution in [3.8, 4) is 0 Å². The van der Waals surface area contributed by atoms with Crippen molar-refractivity contribution in [2.24, 2.45) is 0 Å². The number of nitrogens with zero attached hydrogens (tertiary/aromatic N) is 2. The van der Waals surface area contributed by atoms with Gasteiger partial charge in [0.1, 0.15) is 0 Å². The summed E-state index contributed by atoms with van der Waals surface area (Å²) in [6.07, 6.45) is 4.36. The molecule has 0 aliphatic carbocycles.